The second-order valence-corrected chi connectivity index (χ2v) is 8.44. The quantitative estimate of drug-likeness (QED) is 0.445. The fourth-order valence-electron chi connectivity index (χ4n) is 3.59. The number of rotatable bonds is 12. The zero-order valence-corrected chi connectivity index (χ0v) is 15.2. The van der Waals surface area contributed by atoms with Crippen LogP contribution in [0.25, 0.3) is 0 Å². The molecule has 0 aromatic heterocycles. The molecule has 1 aliphatic rings. The van der Waals surface area contributed by atoms with Gasteiger partial charge in [0.25, 0.3) is 0 Å². The Hall–Kier alpha value is -0.0400. The number of aliphatic hydroxyl groups is 1. The van der Waals surface area contributed by atoms with Crippen LogP contribution in [0, 0.1) is 17.8 Å². The van der Waals surface area contributed by atoms with E-state index in [0.29, 0.717) is 0 Å². The van der Waals surface area contributed by atoms with Crippen LogP contribution in [0.1, 0.15) is 105 Å². The highest BCUT2D eigenvalue weighted by molar-refractivity contribution is 4.87. The van der Waals surface area contributed by atoms with E-state index in [9.17, 15) is 5.11 Å². The summed E-state index contributed by atoms with van der Waals surface area (Å²) in [6.07, 6.45) is 15.3. The first-order chi connectivity index (χ1) is 9.91. The van der Waals surface area contributed by atoms with Gasteiger partial charge in [-0.3, -0.25) is 0 Å². The molecule has 2 atom stereocenters. The highest BCUT2D eigenvalue weighted by Crippen LogP contribution is 2.36. The van der Waals surface area contributed by atoms with Gasteiger partial charge in [0.15, 0.2) is 0 Å². The van der Waals surface area contributed by atoms with E-state index in [1.165, 1.54) is 57.8 Å². The highest BCUT2D eigenvalue weighted by Gasteiger charge is 2.33. The molecule has 0 aromatic carbocycles. The SMILES string of the molecule is CC(C)CCCC(C)CCCC(C)CCCC1(O)CCC1. The van der Waals surface area contributed by atoms with Crippen molar-refractivity contribution in [3.8, 4) is 0 Å². The molecule has 2 unspecified atom stereocenters. The zero-order chi connectivity index (χ0) is 15.7. The van der Waals surface area contributed by atoms with Gasteiger partial charge in [-0.25, -0.2) is 0 Å². The Morgan fingerprint density at radius 1 is 0.762 bits per heavy atom. The minimum absolute atomic E-state index is 0.259. The van der Waals surface area contributed by atoms with Gasteiger partial charge in [0, 0.05) is 0 Å². The molecule has 1 fully saturated rings. The predicted molar refractivity (Wildman–Crippen MR) is 93.5 cm³/mol. The molecule has 0 aliphatic heterocycles. The lowest BCUT2D eigenvalue weighted by Gasteiger charge is -2.36. The summed E-state index contributed by atoms with van der Waals surface area (Å²) < 4.78 is 0. The first-order valence-electron chi connectivity index (χ1n) is 9.63. The van der Waals surface area contributed by atoms with Crippen molar-refractivity contribution in [2.75, 3.05) is 0 Å². The van der Waals surface area contributed by atoms with Crippen LogP contribution in [0.4, 0.5) is 0 Å². The van der Waals surface area contributed by atoms with Gasteiger partial charge in [0.05, 0.1) is 5.60 Å². The Balaban J connectivity index is 1.93. The Morgan fingerprint density at radius 2 is 1.24 bits per heavy atom. The molecule has 126 valence electrons. The maximum Gasteiger partial charge on any atom is 0.0647 e. The van der Waals surface area contributed by atoms with Crippen molar-refractivity contribution in [3.63, 3.8) is 0 Å². The Morgan fingerprint density at radius 3 is 1.67 bits per heavy atom. The predicted octanol–water partition coefficient (Wildman–Crippen LogP) is 6.34. The van der Waals surface area contributed by atoms with Gasteiger partial charge in [-0.2, -0.15) is 0 Å². The molecule has 21 heavy (non-hydrogen) atoms. The van der Waals surface area contributed by atoms with Crippen molar-refractivity contribution in [3.05, 3.63) is 0 Å². The molecule has 0 amide bonds. The number of hydrogen-bond acceptors (Lipinski definition) is 1. The molecule has 0 saturated heterocycles. The van der Waals surface area contributed by atoms with E-state index in [0.717, 1.165) is 37.0 Å². The van der Waals surface area contributed by atoms with E-state index in [4.69, 9.17) is 0 Å². The lowest BCUT2D eigenvalue weighted by Crippen LogP contribution is -2.36. The van der Waals surface area contributed by atoms with E-state index in [2.05, 4.69) is 27.7 Å². The molecule has 1 aliphatic carbocycles. The number of hydrogen-bond donors (Lipinski definition) is 1. The fraction of sp³-hybridized carbons (Fsp3) is 1.00. The minimum Gasteiger partial charge on any atom is -0.390 e. The van der Waals surface area contributed by atoms with Crippen molar-refractivity contribution in [2.24, 2.45) is 17.8 Å². The van der Waals surface area contributed by atoms with Crippen molar-refractivity contribution in [2.45, 2.75) is 110 Å². The lowest BCUT2D eigenvalue weighted by atomic mass is 9.76. The summed E-state index contributed by atoms with van der Waals surface area (Å²) in [5.74, 6) is 2.62. The minimum atomic E-state index is -0.259. The van der Waals surface area contributed by atoms with Gasteiger partial charge in [-0.05, 0) is 43.4 Å². The molecule has 0 aromatic rings. The first kappa shape index (κ1) is 19.0. The monoisotopic (exact) mass is 296 g/mol. The topological polar surface area (TPSA) is 20.2 Å². The van der Waals surface area contributed by atoms with Crippen LogP contribution in [-0.2, 0) is 0 Å². The second kappa shape index (κ2) is 9.87. The van der Waals surface area contributed by atoms with Crippen LogP contribution in [0.15, 0.2) is 0 Å². The average molecular weight is 297 g/mol. The Bertz CT molecular complexity index is 255. The first-order valence-corrected chi connectivity index (χ1v) is 9.63. The third-order valence-electron chi connectivity index (χ3n) is 5.50. The molecular formula is C20H40O. The van der Waals surface area contributed by atoms with Crippen molar-refractivity contribution >= 4 is 0 Å². The third kappa shape index (κ3) is 8.86. The van der Waals surface area contributed by atoms with Gasteiger partial charge in [-0.1, -0.05) is 79.1 Å². The molecule has 1 nitrogen and oxygen atoms in total. The lowest BCUT2D eigenvalue weighted by molar-refractivity contribution is -0.0425. The van der Waals surface area contributed by atoms with Crippen LogP contribution in [0.3, 0.4) is 0 Å². The van der Waals surface area contributed by atoms with E-state index in [-0.39, 0.29) is 5.60 Å². The largest absolute Gasteiger partial charge is 0.390 e. The second-order valence-electron chi connectivity index (χ2n) is 8.44. The zero-order valence-electron chi connectivity index (χ0n) is 15.2. The molecule has 1 rings (SSSR count). The average Bonchev–Trinajstić information content (AvgIpc) is 2.36. The molecule has 1 heteroatoms. The maximum absolute atomic E-state index is 10.1. The summed E-state index contributed by atoms with van der Waals surface area (Å²) in [6.45, 7) is 9.48. The maximum atomic E-state index is 10.1. The van der Waals surface area contributed by atoms with E-state index < -0.39 is 0 Å². The van der Waals surface area contributed by atoms with Crippen LogP contribution < -0.4 is 0 Å². The Labute approximate surface area is 133 Å². The molecule has 0 bridgehead atoms. The summed E-state index contributed by atoms with van der Waals surface area (Å²) in [7, 11) is 0. The standard InChI is InChI=1S/C20H40O/c1-17(2)9-5-10-18(3)11-6-12-19(4)13-7-14-20(21)15-8-16-20/h17-19,21H,5-16H2,1-4H3. The smallest absolute Gasteiger partial charge is 0.0647 e. The van der Waals surface area contributed by atoms with E-state index in [1.54, 1.807) is 0 Å². The highest BCUT2D eigenvalue weighted by atomic mass is 16.3. The molecule has 0 radical (unpaired) electrons. The molecule has 1 saturated carbocycles. The summed E-state index contributed by atoms with van der Waals surface area (Å²) >= 11 is 0. The summed E-state index contributed by atoms with van der Waals surface area (Å²) in [5, 5.41) is 10.1. The van der Waals surface area contributed by atoms with Gasteiger partial charge < -0.3 is 5.11 Å². The fourth-order valence-corrected chi connectivity index (χ4v) is 3.59. The van der Waals surface area contributed by atoms with Crippen LogP contribution in [0.2, 0.25) is 0 Å². The van der Waals surface area contributed by atoms with Gasteiger partial charge in [0.2, 0.25) is 0 Å². The summed E-state index contributed by atoms with van der Waals surface area (Å²) in [5.41, 5.74) is -0.259. The third-order valence-corrected chi connectivity index (χ3v) is 5.50. The summed E-state index contributed by atoms with van der Waals surface area (Å²) in [6, 6.07) is 0. The van der Waals surface area contributed by atoms with Crippen LogP contribution >= 0.6 is 0 Å². The van der Waals surface area contributed by atoms with Crippen molar-refractivity contribution < 1.29 is 5.11 Å². The van der Waals surface area contributed by atoms with Crippen molar-refractivity contribution in [1.82, 2.24) is 0 Å². The van der Waals surface area contributed by atoms with E-state index >= 15 is 0 Å². The van der Waals surface area contributed by atoms with Crippen LogP contribution in [-0.4, -0.2) is 10.7 Å². The van der Waals surface area contributed by atoms with Crippen LogP contribution in [0.5, 0.6) is 0 Å². The van der Waals surface area contributed by atoms with Gasteiger partial charge in [-0.15, -0.1) is 0 Å². The van der Waals surface area contributed by atoms with Gasteiger partial charge in [0.1, 0.15) is 0 Å². The molecule has 0 spiro atoms. The van der Waals surface area contributed by atoms with Crippen molar-refractivity contribution in [1.29, 1.82) is 0 Å². The summed E-state index contributed by atoms with van der Waals surface area (Å²) in [4.78, 5) is 0. The Kier molecular flexibility index (Phi) is 8.94. The van der Waals surface area contributed by atoms with Gasteiger partial charge >= 0.3 is 0 Å². The molecule has 1 N–H and O–H groups in total. The molecular weight excluding hydrogens is 256 g/mol. The normalized spacial score (nSPS) is 20.3. The molecule has 0 heterocycles. The van der Waals surface area contributed by atoms with E-state index in [1.807, 2.05) is 0 Å².